The summed E-state index contributed by atoms with van der Waals surface area (Å²) in [6.07, 6.45) is 0. The molecule has 82 valence electrons. The molecule has 0 saturated carbocycles. The fourth-order valence-electron chi connectivity index (χ4n) is 1.88. The molecule has 1 saturated heterocycles. The molecule has 1 N–H and O–H groups in total. The van der Waals surface area contributed by atoms with Crippen molar-refractivity contribution in [2.75, 3.05) is 6.54 Å². The lowest BCUT2D eigenvalue weighted by Gasteiger charge is -2.21. The predicted molar refractivity (Wildman–Crippen MR) is 51.3 cm³/mol. The van der Waals surface area contributed by atoms with Crippen LogP contribution >= 0.6 is 0 Å². The second kappa shape index (κ2) is 3.52. The number of nitrogens with one attached hydrogen (secondary N) is 1. The molecule has 1 aliphatic rings. The Balaban J connectivity index is 2.32. The molecule has 0 aliphatic carbocycles. The van der Waals surface area contributed by atoms with Crippen molar-refractivity contribution in [2.45, 2.75) is 18.9 Å². The number of hydrogen-bond acceptors (Lipinski definition) is 1. The van der Waals surface area contributed by atoms with Gasteiger partial charge in [-0.1, -0.05) is 19.1 Å². The Morgan fingerprint density at radius 3 is 2.67 bits per heavy atom. The van der Waals surface area contributed by atoms with E-state index in [2.05, 4.69) is 5.32 Å². The molecule has 0 radical (unpaired) electrons. The van der Waals surface area contributed by atoms with Gasteiger partial charge in [0.1, 0.15) is 5.82 Å². The summed E-state index contributed by atoms with van der Waals surface area (Å²) in [4.78, 5) is 0. The Kier molecular flexibility index (Phi) is 2.46. The fraction of sp³-hybridized carbons (Fsp3) is 0.455. The normalized spacial score (nSPS) is 29.3. The Morgan fingerprint density at radius 2 is 2.13 bits per heavy atom. The highest BCUT2D eigenvalue weighted by Gasteiger charge is 2.50. The maximum atomic E-state index is 13.6. The Morgan fingerprint density at radius 1 is 1.40 bits per heavy atom. The first-order valence-electron chi connectivity index (χ1n) is 4.88. The molecular weight excluding hydrogens is 203 g/mol. The molecule has 15 heavy (non-hydrogen) atoms. The van der Waals surface area contributed by atoms with Crippen molar-refractivity contribution in [1.29, 1.82) is 0 Å². The van der Waals surface area contributed by atoms with E-state index < -0.39 is 23.7 Å². The Hall–Kier alpha value is -1.03. The van der Waals surface area contributed by atoms with E-state index in [0.717, 1.165) is 6.07 Å². The molecule has 0 amide bonds. The van der Waals surface area contributed by atoms with Crippen molar-refractivity contribution < 1.29 is 13.2 Å². The summed E-state index contributed by atoms with van der Waals surface area (Å²) < 4.78 is 40.2. The van der Waals surface area contributed by atoms with Crippen LogP contribution < -0.4 is 5.32 Å². The smallest absolute Gasteiger partial charge is 0.270 e. The number of hydrogen-bond donors (Lipinski definition) is 1. The maximum absolute atomic E-state index is 13.6. The first-order chi connectivity index (χ1) is 7.01. The molecular formula is C11H12F3N. The number of halogens is 3. The summed E-state index contributed by atoms with van der Waals surface area (Å²) in [5, 5.41) is 2.72. The van der Waals surface area contributed by atoms with Gasteiger partial charge < -0.3 is 5.32 Å². The highest BCUT2D eigenvalue weighted by Crippen LogP contribution is 2.41. The molecule has 2 unspecified atom stereocenters. The second-order valence-corrected chi connectivity index (χ2v) is 3.97. The third-order valence-corrected chi connectivity index (χ3v) is 2.85. The minimum absolute atomic E-state index is 0.258. The first-order valence-corrected chi connectivity index (χ1v) is 4.88. The Bertz CT molecular complexity index is 365. The van der Waals surface area contributed by atoms with Crippen molar-refractivity contribution in [3.8, 4) is 0 Å². The van der Waals surface area contributed by atoms with Crippen LogP contribution in [0.15, 0.2) is 24.3 Å². The van der Waals surface area contributed by atoms with Crippen molar-refractivity contribution in [1.82, 2.24) is 5.32 Å². The van der Waals surface area contributed by atoms with Crippen molar-refractivity contribution >= 4 is 0 Å². The predicted octanol–water partition coefficient (Wildman–Crippen LogP) is 2.74. The largest absolute Gasteiger partial charge is 0.304 e. The average Bonchev–Trinajstić information content (AvgIpc) is 2.42. The van der Waals surface area contributed by atoms with Crippen LogP contribution in [0, 0.1) is 11.7 Å². The van der Waals surface area contributed by atoms with E-state index in [-0.39, 0.29) is 6.54 Å². The first kappa shape index (κ1) is 10.5. The minimum Gasteiger partial charge on any atom is -0.304 e. The van der Waals surface area contributed by atoms with E-state index in [4.69, 9.17) is 0 Å². The van der Waals surface area contributed by atoms with Gasteiger partial charge in [0.15, 0.2) is 0 Å². The van der Waals surface area contributed by atoms with Gasteiger partial charge in [-0.2, -0.15) is 0 Å². The molecule has 1 heterocycles. The lowest BCUT2D eigenvalue weighted by atomic mass is 9.97. The average molecular weight is 215 g/mol. The zero-order valence-corrected chi connectivity index (χ0v) is 8.31. The summed E-state index contributed by atoms with van der Waals surface area (Å²) in [5.41, 5.74) is 0.310. The van der Waals surface area contributed by atoms with E-state index in [1.54, 1.807) is 0 Å². The van der Waals surface area contributed by atoms with Crippen molar-refractivity contribution in [3.05, 3.63) is 35.6 Å². The molecule has 1 aliphatic heterocycles. The van der Waals surface area contributed by atoms with E-state index >= 15 is 0 Å². The third-order valence-electron chi connectivity index (χ3n) is 2.85. The van der Waals surface area contributed by atoms with Gasteiger partial charge in [0.25, 0.3) is 5.92 Å². The van der Waals surface area contributed by atoms with Crippen LogP contribution in [0.2, 0.25) is 0 Å². The van der Waals surface area contributed by atoms with Gasteiger partial charge in [-0.15, -0.1) is 0 Å². The fourth-order valence-corrected chi connectivity index (χ4v) is 1.88. The van der Waals surface area contributed by atoms with Crippen molar-refractivity contribution in [2.24, 2.45) is 5.92 Å². The molecule has 4 heteroatoms. The highest BCUT2D eigenvalue weighted by molar-refractivity contribution is 5.24. The SMILES string of the molecule is CC1CNC(c2cccc(F)c2)C1(F)F. The molecule has 2 rings (SSSR count). The van der Waals surface area contributed by atoms with Crippen molar-refractivity contribution in [3.63, 3.8) is 0 Å². The van der Waals surface area contributed by atoms with Crippen LogP contribution in [0.25, 0.3) is 0 Å². The molecule has 1 aromatic carbocycles. The van der Waals surface area contributed by atoms with Crippen LogP contribution in [-0.2, 0) is 0 Å². The number of rotatable bonds is 1. The Labute approximate surface area is 86.3 Å². The highest BCUT2D eigenvalue weighted by atomic mass is 19.3. The summed E-state index contributed by atoms with van der Waals surface area (Å²) >= 11 is 0. The quantitative estimate of drug-likeness (QED) is 0.759. The topological polar surface area (TPSA) is 12.0 Å². The zero-order chi connectivity index (χ0) is 11.1. The molecule has 2 atom stereocenters. The van der Waals surface area contributed by atoms with Crippen LogP contribution in [-0.4, -0.2) is 12.5 Å². The summed E-state index contributed by atoms with van der Waals surface area (Å²) in [6.45, 7) is 1.75. The van der Waals surface area contributed by atoms with Crippen LogP contribution in [0.5, 0.6) is 0 Å². The third kappa shape index (κ3) is 1.74. The number of alkyl halides is 2. The minimum atomic E-state index is -2.81. The molecule has 0 bridgehead atoms. The zero-order valence-electron chi connectivity index (χ0n) is 8.31. The van der Waals surface area contributed by atoms with Gasteiger partial charge in [0.2, 0.25) is 0 Å². The van der Waals surface area contributed by atoms with Crippen LogP contribution in [0.4, 0.5) is 13.2 Å². The van der Waals surface area contributed by atoms with Gasteiger partial charge in [0, 0.05) is 12.5 Å². The van der Waals surface area contributed by atoms with Gasteiger partial charge in [-0.3, -0.25) is 0 Å². The summed E-state index contributed by atoms with van der Waals surface area (Å²) in [7, 11) is 0. The van der Waals surface area contributed by atoms with Gasteiger partial charge in [-0.25, -0.2) is 13.2 Å². The lowest BCUT2D eigenvalue weighted by molar-refractivity contribution is -0.0463. The molecule has 1 aromatic rings. The molecule has 0 aromatic heterocycles. The maximum Gasteiger partial charge on any atom is 0.270 e. The lowest BCUT2D eigenvalue weighted by Crippen LogP contribution is -2.29. The van der Waals surface area contributed by atoms with Gasteiger partial charge in [-0.05, 0) is 17.7 Å². The monoisotopic (exact) mass is 215 g/mol. The van der Waals surface area contributed by atoms with Gasteiger partial charge in [0.05, 0.1) is 6.04 Å². The van der Waals surface area contributed by atoms with Crippen LogP contribution in [0.1, 0.15) is 18.5 Å². The summed E-state index contributed by atoms with van der Waals surface area (Å²) in [5.74, 6) is -4.01. The van der Waals surface area contributed by atoms with Gasteiger partial charge >= 0.3 is 0 Å². The van der Waals surface area contributed by atoms with Crippen LogP contribution in [0.3, 0.4) is 0 Å². The van der Waals surface area contributed by atoms with E-state index in [1.807, 2.05) is 0 Å². The number of benzene rings is 1. The standard InChI is InChI=1S/C11H12F3N/c1-7-6-15-10(11(7,13)14)8-3-2-4-9(12)5-8/h2-5,7,10,15H,6H2,1H3. The summed E-state index contributed by atoms with van der Waals surface area (Å²) in [6, 6.07) is 4.31. The second-order valence-electron chi connectivity index (χ2n) is 3.97. The molecule has 1 fully saturated rings. The molecule has 1 nitrogen and oxygen atoms in total. The van der Waals surface area contributed by atoms with E-state index in [1.165, 1.54) is 25.1 Å². The van der Waals surface area contributed by atoms with E-state index in [9.17, 15) is 13.2 Å². The van der Waals surface area contributed by atoms with E-state index in [0.29, 0.717) is 5.56 Å². The molecule has 0 spiro atoms.